The van der Waals surface area contributed by atoms with Crippen LogP contribution in [0.2, 0.25) is 0 Å². The van der Waals surface area contributed by atoms with Gasteiger partial charge in [-0.15, -0.1) is 11.3 Å². The van der Waals surface area contributed by atoms with Crippen LogP contribution >= 0.6 is 11.3 Å². The van der Waals surface area contributed by atoms with Crippen molar-refractivity contribution in [2.45, 2.75) is 39.0 Å². The average molecular weight is 252 g/mol. The van der Waals surface area contributed by atoms with Crippen LogP contribution in [0.1, 0.15) is 43.0 Å². The van der Waals surface area contributed by atoms with Crippen molar-refractivity contribution < 1.29 is 9.53 Å². The number of carbonyl (C=O) groups excluding carboxylic acids is 1. The molecule has 0 fully saturated rings. The molecule has 1 rings (SSSR count). The van der Waals surface area contributed by atoms with E-state index < -0.39 is 0 Å². The summed E-state index contributed by atoms with van der Waals surface area (Å²) in [4.78, 5) is 12.2. The molecule has 0 aliphatic carbocycles. The zero-order chi connectivity index (χ0) is 12.5. The number of hydrogen-bond acceptors (Lipinski definition) is 3. The molecule has 0 aromatic carbocycles. The lowest BCUT2D eigenvalue weighted by atomic mass is 10.1. The van der Waals surface area contributed by atoms with Crippen LogP contribution in [0.3, 0.4) is 0 Å². The topological polar surface area (TPSA) is 26.3 Å². The fraction of sp³-hybridized carbons (Fsp3) is 0.500. The molecule has 0 spiro atoms. The number of carbonyl (C=O) groups is 1. The molecule has 1 aromatic rings. The average Bonchev–Trinajstić information content (AvgIpc) is 2.79. The van der Waals surface area contributed by atoms with Gasteiger partial charge in [0.15, 0.2) is 0 Å². The molecule has 2 nitrogen and oxygen atoms in total. The molecule has 0 aliphatic rings. The van der Waals surface area contributed by atoms with E-state index in [0.717, 1.165) is 6.42 Å². The molecule has 0 aliphatic heterocycles. The van der Waals surface area contributed by atoms with Crippen molar-refractivity contribution in [1.29, 1.82) is 0 Å². The van der Waals surface area contributed by atoms with Crippen molar-refractivity contribution in [2.75, 3.05) is 7.11 Å². The van der Waals surface area contributed by atoms with Crippen LogP contribution in [-0.2, 0) is 16.0 Å². The van der Waals surface area contributed by atoms with Crippen molar-refractivity contribution in [3.8, 4) is 0 Å². The lowest BCUT2D eigenvalue weighted by Crippen LogP contribution is -1.93. The maximum Gasteiger partial charge on any atom is 0.330 e. The summed E-state index contributed by atoms with van der Waals surface area (Å²) in [6.45, 7) is 2.22. The number of methoxy groups -OCH3 is 1. The summed E-state index contributed by atoms with van der Waals surface area (Å²) in [6, 6.07) is 2.15. The summed E-state index contributed by atoms with van der Waals surface area (Å²) in [6.07, 6.45) is 9.52. The van der Waals surface area contributed by atoms with E-state index >= 15 is 0 Å². The summed E-state index contributed by atoms with van der Waals surface area (Å²) < 4.78 is 4.58. The summed E-state index contributed by atoms with van der Waals surface area (Å²) >= 11 is 1.67. The van der Waals surface area contributed by atoms with Crippen LogP contribution < -0.4 is 0 Å². The van der Waals surface area contributed by atoms with Gasteiger partial charge in [0, 0.05) is 11.0 Å². The molecule has 0 atom stereocenters. The third kappa shape index (κ3) is 5.18. The molecule has 94 valence electrons. The zero-order valence-corrected chi connectivity index (χ0v) is 11.4. The minimum absolute atomic E-state index is 0.296. The van der Waals surface area contributed by atoms with Gasteiger partial charge < -0.3 is 4.74 Å². The van der Waals surface area contributed by atoms with E-state index in [1.54, 1.807) is 11.3 Å². The number of rotatable bonds is 7. The molecular formula is C14H20O2S. The molecule has 0 radical (unpaired) electrons. The first-order valence-electron chi connectivity index (χ1n) is 6.10. The van der Waals surface area contributed by atoms with Crippen LogP contribution in [0.25, 0.3) is 6.08 Å². The number of thiophene rings is 1. The highest BCUT2D eigenvalue weighted by Crippen LogP contribution is 2.21. The van der Waals surface area contributed by atoms with E-state index in [2.05, 4.69) is 23.1 Å². The third-order valence-electron chi connectivity index (χ3n) is 2.65. The van der Waals surface area contributed by atoms with Gasteiger partial charge in [0.25, 0.3) is 0 Å². The van der Waals surface area contributed by atoms with E-state index in [4.69, 9.17) is 0 Å². The Morgan fingerprint density at radius 2 is 2.24 bits per heavy atom. The number of hydrogen-bond donors (Lipinski definition) is 0. The Bertz CT molecular complexity index is 366. The van der Waals surface area contributed by atoms with Crippen LogP contribution in [0.4, 0.5) is 0 Å². The summed E-state index contributed by atoms with van der Waals surface area (Å²) in [5, 5.41) is 2.08. The summed E-state index contributed by atoms with van der Waals surface area (Å²) in [5.74, 6) is -0.296. The fourth-order valence-corrected chi connectivity index (χ4v) is 2.50. The van der Waals surface area contributed by atoms with Crippen molar-refractivity contribution in [2.24, 2.45) is 0 Å². The third-order valence-corrected chi connectivity index (χ3v) is 3.58. The van der Waals surface area contributed by atoms with Gasteiger partial charge in [0.05, 0.1) is 7.11 Å². The molecular weight excluding hydrogens is 232 g/mol. The Labute approximate surface area is 107 Å². The Kier molecular flexibility index (Phi) is 6.63. The number of esters is 1. The number of unbranched alkanes of at least 4 members (excludes halogenated alkanes) is 3. The van der Waals surface area contributed by atoms with Crippen LogP contribution in [0.15, 0.2) is 17.5 Å². The van der Waals surface area contributed by atoms with Crippen LogP contribution in [0, 0.1) is 0 Å². The zero-order valence-electron chi connectivity index (χ0n) is 10.6. The van der Waals surface area contributed by atoms with Gasteiger partial charge in [-0.1, -0.05) is 26.2 Å². The molecule has 0 saturated carbocycles. The second-order valence-corrected chi connectivity index (χ2v) is 4.92. The lowest BCUT2D eigenvalue weighted by Gasteiger charge is -2.00. The minimum atomic E-state index is -0.296. The van der Waals surface area contributed by atoms with Gasteiger partial charge >= 0.3 is 5.97 Å². The predicted molar refractivity (Wildman–Crippen MR) is 73.2 cm³/mol. The Balaban J connectivity index is 2.48. The minimum Gasteiger partial charge on any atom is -0.466 e. The Hall–Kier alpha value is -1.09. The standard InChI is InChI=1S/C14H20O2S/c1-3-4-5-6-7-12-10-11-17-13(12)8-9-14(15)16-2/h8-11H,3-7H2,1-2H3. The fourth-order valence-electron chi connectivity index (χ4n) is 1.65. The number of aryl methyl sites for hydroxylation is 1. The van der Waals surface area contributed by atoms with Crippen LogP contribution in [-0.4, -0.2) is 13.1 Å². The second kappa shape index (κ2) is 8.07. The molecule has 0 unspecified atom stereocenters. The molecule has 1 heterocycles. The smallest absolute Gasteiger partial charge is 0.330 e. The van der Waals surface area contributed by atoms with Gasteiger partial charge in [-0.05, 0) is 35.9 Å². The predicted octanol–water partition coefficient (Wildman–Crippen LogP) is 4.06. The Morgan fingerprint density at radius 3 is 2.94 bits per heavy atom. The van der Waals surface area contributed by atoms with Crippen LogP contribution in [0.5, 0.6) is 0 Å². The summed E-state index contributed by atoms with van der Waals surface area (Å²) in [5.41, 5.74) is 1.34. The Morgan fingerprint density at radius 1 is 1.41 bits per heavy atom. The van der Waals surface area contributed by atoms with E-state index in [-0.39, 0.29) is 5.97 Å². The maximum atomic E-state index is 11.0. The van der Waals surface area contributed by atoms with Gasteiger partial charge in [0.2, 0.25) is 0 Å². The van der Waals surface area contributed by atoms with Crippen molar-refractivity contribution in [3.05, 3.63) is 28.0 Å². The molecule has 3 heteroatoms. The molecule has 0 N–H and O–H groups in total. The van der Waals surface area contributed by atoms with E-state index in [1.807, 2.05) is 6.08 Å². The van der Waals surface area contributed by atoms with E-state index in [9.17, 15) is 4.79 Å². The largest absolute Gasteiger partial charge is 0.466 e. The van der Waals surface area contributed by atoms with Gasteiger partial charge in [-0.2, -0.15) is 0 Å². The highest BCUT2D eigenvalue weighted by Gasteiger charge is 2.02. The quantitative estimate of drug-likeness (QED) is 0.415. The van der Waals surface area contributed by atoms with Gasteiger partial charge in [0.1, 0.15) is 0 Å². The van der Waals surface area contributed by atoms with Crippen molar-refractivity contribution in [1.82, 2.24) is 0 Å². The molecule has 0 bridgehead atoms. The molecule has 1 aromatic heterocycles. The first-order valence-corrected chi connectivity index (χ1v) is 6.98. The highest BCUT2D eigenvalue weighted by atomic mass is 32.1. The molecule has 0 saturated heterocycles. The lowest BCUT2D eigenvalue weighted by molar-refractivity contribution is -0.134. The second-order valence-electron chi connectivity index (χ2n) is 3.98. The SMILES string of the molecule is CCCCCCc1ccsc1C=CC(=O)OC. The molecule has 17 heavy (non-hydrogen) atoms. The van der Waals surface area contributed by atoms with Gasteiger partial charge in [-0.3, -0.25) is 0 Å². The van der Waals surface area contributed by atoms with Gasteiger partial charge in [-0.25, -0.2) is 4.79 Å². The first-order chi connectivity index (χ1) is 8.27. The van der Waals surface area contributed by atoms with Crippen molar-refractivity contribution >= 4 is 23.4 Å². The number of ether oxygens (including phenoxy) is 1. The van der Waals surface area contributed by atoms with E-state index in [1.165, 1.54) is 49.3 Å². The van der Waals surface area contributed by atoms with E-state index in [0.29, 0.717) is 0 Å². The molecule has 0 amide bonds. The normalized spacial score (nSPS) is 10.9. The summed E-state index contributed by atoms with van der Waals surface area (Å²) in [7, 11) is 1.40. The van der Waals surface area contributed by atoms with Crippen molar-refractivity contribution in [3.63, 3.8) is 0 Å². The first kappa shape index (κ1) is 14.0. The monoisotopic (exact) mass is 252 g/mol. The maximum absolute atomic E-state index is 11.0. The highest BCUT2D eigenvalue weighted by molar-refractivity contribution is 7.11.